The van der Waals surface area contributed by atoms with Crippen molar-refractivity contribution in [2.24, 2.45) is 0 Å². The van der Waals surface area contributed by atoms with E-state index in [0.717, 1.165) is 6.54 Å². The predicted octanol–water partition coefficient (Wildman–Crippen LogP) is 1.75. The molecule has 0 aromatic heterocycles. The fraction of sp³-hybridized carbons (Fsp3) is 0.571. The molecule has 0 radical (unpaired) electrons. The van der Waals surface area contributed by atoms with Crippen LogP contribution in [0.3, 0.4) is 0 Å². The first-order chi connectivity index (χ1) is 7.80. The van der Waals surface area contributed by atoms with Gasteiger partial charge in [-0.15, -0.1) is 0 Å². The summed E-state index contributed by atoms with van der Waals surface area (Å²) < 4.78 is 0. The van der Waals surface area contributed by atoms with Crippen molar-refractivity contribution in [3.05, 3.63) is 35.4 Å². The SMILES string of the molecule is CN1CCC2(CC1)NCCc1ccccc12. The van der Waals surface area contributed by atoms with Crippen LogP contribution in [0, 0.1) is 0 Å². The Morgan fingerprint density at radius 3 is 2.75 bits per heavy atom. The summed E-state index contributed by atoms with van der Waals surface area (Å²) in [6.45, 7) is 3.56. The quantitative estimate of drug-likeness (QED) is 0.711. The highest BCUT2D eigenvalue weighted by atomic mass is 15.1. The molecule has 1 N–H and O–H groups in total. The van der Waals surface area contributed by atoms with Gasteiger partial charge in [0.05, 0.1) is 0 Å². The molecular formula is C14H20N2. The first kappa shape index (κ1) is 10.3. The van der Waals surface area contributed by atoms with Crippen molar-refractivity contribution in [3.63, 3.8) is 0 Å². The maximum atomic E-state index is 3.78. The van der Waals surface area contributed by atoms with Crippen LogP contribution in [-0.2, 0) is 12.0 Å². The molecule has 1 aromatic carbocycles. The van der Waals surface area contributed by atoms with Crippen molar-refractivity contribution >= 4 is 0 Å². The van der Waals surface area contributed by atoms with Gasteiger partial charge in [-0.2, -0.15) is 0 Å². The van der Waals surface area contributed by atoms with Crippen LogP contribution in [0.25, 0.3) is 0 Å². The van der Waals surface area contributed by atoms with Crippen LogP contribution in [-0.4, -0.2) is 31.6 Å². The predicted molar refractivity (Wildman–Crippen MR) is 66.6 cm³/mol. The van der Waals surface area contributed by atoms with Crippen LogP contribution >= 0.6 is 0 Å². The summed E-state index contributed by atoms with van der Waals surface area (Å²) >= 11 is 0. The summed E-state index contributed by atoms with van der Waals surface area (Å²) in [6.07, 6.45) is 3.69. The molecule has 3 rings (SSSR count). The van der Waals surface area contributed by atoms with Gasteiger partial charge < -0.3 is 10.2 Å². The summed E-state index contributed by atoms with van der Waals surface area (Å²) in [5, 5.41) is 3.78. The second kappa shape index (κ2) is 3.86. The van der Waals surface area contributed by atoms with E-state index in [0.29, 0.717) is 0 Å². The molecule has 2 aliphatic rings. The van der Waals surface area contributed by atoms with Crippen molar-refractivity contribution in [1.82, 2.24) is 10.2 Å². The van der Waals surface area contributed by atoms with Crippen molar-refractivity contribution in [2.45, 2.75) is 24.8 Å². The highest BCUT2D eigenvalue weighted by Gasteiger charge is 2.38. The Hall–Kier alpha value is -0.860. The lowest BCUT2D eigenvalue weighted by atomic mass is 9.76. The van der Waals surface area contributed by atoms with Gasteiger partial charge in [0.2, 0.25) is 0 Å². The lowest BCUT2D eigenvalue weighted by Gasteiger charge is -2.45. The van der Waals surface area contributed by atoms with Crippen LogP contribution < -0.4 is 5.32 Å². The molecule has 2 heterocycles. The van der Waals surface area contributed by atoms with Gasteiger partial charge in [0.15, 0.2) is 0 Å². The number of piperidine rings is 1. The Morgan fingerprint density at radius 2 is 1.94 bits per heavy atom. The van der Waals surface area contributed by atoms with Gasteiger partial charge in [0.1, 0.15) is 0 Å². The third kappa shape index (κ3) is 1.57. The van der Waals surface area contributed by atoms with Gasteiger partial charge in [0.25, 0.3) is 0 Å². The second-order valence-corrected chi connectivity index (χ2v) is 5.22. The van der Waals surface area contributed by atoms with Gasteiger partial charge in [-0.1, -0.05) is 24.3 Å². The standard InChI is InChI=1S/C14H20N2/c1-16-10-7-14(8-11-16)13-5-3-2-4-12(13)6-9-15-14/h2-5,15H,6-11H2,1H3. The van der Waals surface area contributed by atoms with E-state index in [1.807, 2.05) is 0 Å². The zero-order valence-corrected chi connectivity index (χ0v) is 10.00. The summed E-state index contributed by atoms with van der Waals surface area (Å²) in [5.74, 6) is 0. The van der Waals surface area contributed by atoms with Crippen molar-refractivity contribution in [2.75, 3.05) is 26.7 Å². The van der Waals surface area contributed by atoms with Crippen molar-refractivity contribution in [3.8, 4) is 0 Å². The van der Waals surface area contributed by atoms with Gasteiger partial charge in [-0.05, 0) is 50.5 Å². The van der Waals surface area contributed by atoms with Gasteiger partial charge in [-0.3, -0.25) is 0 Å². The number of hydrogen-bond donors (Lipinski definition) is 1. The zero-order valence-electron chi connectivity index (χ0n) is 10.00. The largest absolute Gasteiger partial charge is 0.307 e. The zero-order chi connectivity index (χ0) is 11.0. The fourth-order valence-electron chi connectivity index (χ4n) is 3.18. The molecule has 0 aliphatic carbocycles. The first-order valence-electron chi connectivity index (χ1n) is 6.32. The van der Waals surface area contributed by atoms with Crippen LogP contribution in [0.2, 0.25) is 0 Å². The number of nitrogens with zero attached hydrogens (tertiary/aromatic N) is 1. The molecule has 0 bridgehead atoms. The van der Waals surface area contributed by atoms with E-state index in [9.17, 15) is 0 Å². The van der Waals surface area contributed by atoms with Crippen LogP contribution in [0.5, 0.6) is 0 Å². The molecule has 2 heteroatoms. The lowest BCUT2D eigenvalue weighted by Crippen LogP contribution is -2.53. The Bertz CT molecular complexity index is 378. The molecule has 86 valence electrons. The number of fused-ring (bicyclic) bond motifs is 2. The average Bonchev–Trinajstić information content (AvgIpc) is 2.34. The minimum absolute atomic E-state index is 0.279. The van der Waals surface area contributed by atoms with E-state index >= 15 is 0 Å². The van der Waals surface area contributed by atoms with E-state index in [-0.39, 0.29) is 5.54 Å². The maximum Gasteiger partial charge on any atom is 0.0461 e. The highest BCUT2D eigenvalue weighted by Crippen LogP contribution is 2.36. The summed E-state index contributed by atoms with van der Waals surface area (Å²) in [5.41, 5.74) is 3.40. The van der Waals surface area contributed by atoms with Gasteiger partial charge in [-0.25, -0.2) is 0 Å². The molecule has 1 fully saturated rings. The first-order valence-corrected chi connectivity index (χ1v) is 6.32. The van der Waals surface area contributed by atoms with E-state index in [1.54, 1.807) is 11.1 Å². The van der Waals surface area contributed by atoms with Gasteiger partial charge >= 0.3 is 0 Å². The Morgan fingerprint density at radius 1 is 1.19 bits per heavy atom. The minimum atomic E-state index is 0.279. The van der Waals surface area contributed by atoms with E-state index in [1.165, 1.54) is 32.4 Å². The number of likely N-dealkylation sites (tertiary alicyclic amines) is 1. The van der Waals surface area contributed by atoms with Crippen LogP contribution in [0.1, 0.15) is 24.0 Å². The lowest BCUT2D eigenvalue weighted by molar-refractivity contribution is 0.150. The monoisotopic (exact) mass is 216 g/mol. The molecule has 0 atom stereocenters. The molecule has 0 saturated carbocycles. The van der Waals surface area contributed by atoms with Crippen molar-refractivity contribution < 1.29 is 0 Å². The molecule has 1 spiro atoms. The molecule has 0 amide bonds. The molecule has 16 heavy (non-hydrogen) atoms. The molecule has 0 unspecified atom stereocenters. The van der Waals surface area contributed by atoms with Gasteiger partial charge in [0, 0.05) is 12.1 Å². The summed E-state index contributed by atoms with van der Waals surface area (Å²) in [7, 11) is 2.22. The van der Waals surface area contributed by atoms with E-state index in [4.69, 9.17) is 0 Å². The third-order valence-corrected chi connectivity index (χ3v) is 4.23. The number of nitrogens with one attached hydrogen (secondary N) is 1. The van der Waals surface area contributed by atoms with E-state index in [2.05, 4.69) is 41.5 Å². The van der Waals surface area contributed by atoms with Crippen LogP contribution in [0.15, 0.2) is 24.3 Å². The number of rotatable bonds is 0. The maximum absolute atomic E-state index is 3.78. The highest BCUT2D eigenvalue weighted by molar-refractivity contribution is 5.36. The second-order valence-electron chi connectivity index (χ2n) is 5.22. The topological polar surface area (TPSA) is 15.3 Å². The Labute approximate surface area is 97.6 Å². The molecule has 2 nitrogen and oxygen atoms in total. The normalized spacial score (nSPS) is 24.3. The van der Waals surface area contributed by atoms with Crippen molar-refractivity contribution in [1.29, 1.82) is 0 Å². The Balaban J connectivity index is 1.97. The van der Waals surface area contributed by atoms with E-state index < -0.39 is 0 Å². The fourth-order valence-corrected chi connectivity index (χ4v) is 3.18. The molecule has 1 saturated heterocycles. The minimum Gasteiger partial charge on any atom is -0.307 e. The molecular weight excluding hydrogens is 196 g/mol. The molecule has 2 aliphatic heterocycles. The number of hydrogen-bond acceptors (Lipinski definition) is 2. The Kier molecular flexibility index (Phi) is 2.49. The summed E-state index contributed by atoms with van der Waals surface area (Å²) in [4.78, 5) is 2.43. The smallest absolute Gasteiger partial charge is 0.0461 e. The van der Waals surface area contributed by atoms with Crippen LogP contribution in [0.4, 0.5) is 0 Å². The molecule has 1 aromatic rings. The average molecular weight is 216 g/mol. The number of benzene rings is 1. The summed E-state index contributed by atoms with van der Waals surface area (Å²) in [6, 6.07) is 8.99. The third-order valence-electron chi connectivity index (χ3n) is 4.23.